The molecule has 4 heterocycles. The molecule has 0 spiro atoms. The Morgan fingerprint density at radius 1 is 1.15 bits per heavy atom. The molecule has 0 bridgehead atoms. The molecule has 0 aliphatic heterocycles. The molecule has 33 heavy (non-hydrogen) atoms. The number of hydrogen-bond acceptors (Lipinski definition) is 6. The largest absolute Gasteiger partial charge is 0.336 e. The number of rotatable bonds is 4. The monoisotopic (exact) mass is 473 g/mol. The molecule has 162 valence electrons. The van der Waals surface area contributed by atoms with E-state index in [9.17, 15) is 9.59 Å². The zero-order valence-electron chi connectivity index (χ0n) is 17.4. The van der Waals surface area contributed by atoms with Gasteiger partial charge in [-0.2, -0.15) is 5.26 Å². The van der Waals surface area contributed by atoms with Gasteiger partial charge in [0.25, 0.3) is 5.56 Å². The van der Waals surface area contributed by atoms with Crippen LogP contribution in [0.5, 0.6) is 0 Å². The zero-order chi connectivity index (χ0) is 23.1. The Morgan fingerprint density at radius 2 is 1.97 bits per heavy atom. The molecule has 0 N–H and O–H groups in total. The summed E-state index contributed by atoms with van der Waals surface area (Å²) in [7, 11) is 0. The number of fused-ring (bicyclic) bond motifs is 2. The molecule has 0 saturated heterocycles. The van der Waals surface area contributed by atoms with Crippen molar-refractivity contribution in [3.05, 3.63) is 86.4 Å². The van der Waals surface area contributed by atoms with Crippen LogP contribution in [-0.4, -0.2) is 19.1 Å². The van der Waals surface area contributed by atoms with Crippen molar-refractivity contribution in [3.8, 4) is 22.2 Å². The Bertz CT molecular complexity index is 1710. The molecule has 1 aromatic carbocycles. The van der Waals surface area contributed by atoms with Crippen LogP contribution >= 0.6 is 22.9 Å². The third-order valence-corrected chi connectivity index (χ3v) is 6.84. The summed E-state index contributed by atoms with van der Waals surface area (Å²) in [5, 5.41) is 10.4. The first-order valence-electron chi connectivity index (χ1n) is 10.1. The summed E-state index contributed by atoms with van der Waals surface area (Å²) < 4.78 is 2.96. The molecular formula is C24H16ClN5O2S. The number of thiophene rings is 1. The number of nitriles is 1. The molecule has 0 fully saturated rings. The van der Waals surface area contributed by atoms with Gasteiger partial charge >= 0.3 is 5.69 Å². The standard InChI is InChI=1S/C24H16ClN5O2S/c1-14-7-8-15-12-27-13-19(21(15)28-14)30-23(31)22-18(29(24(30)32)10-4-9-26)11-20(33-22)16-5-2-3-6-17(16)25/h2-3,5-8,11-13H,4,10H2,1H3. The molecule has 7 nitrogen and oxygen atoms in total. The second-order valence-electron chi connectivity index (χ2n) is 7.47. The van der Waals surface area contributed by atoms with Gasteiger partial charge in [0.15, 0.2) is 0 Å². The molecule has 0 amide bonds. The van der Waals surface area contributed by atoms with E-state index in [1.165, 1.54) is 22.1 Å². The molecule has 4 aromatic heterocycles. The number of benzene rings is 1. The predicted molar refractivity (Wildman–Crippen MR) is 130 cm³/mol. The Balaban J connectivity index is 1.88. The average molecular weight is 474 g/mol. The fourth-order valence-electron chi connectivity index (χ4n) is 3.82. The molecule has 0 aliphatic rings. The van der Waals surface area contributed by atoms with Gasteiger partial charge in [0.05, 0.1) is 35.4 Å². The maximum atomic E-state index is 13.6. The summed E-state index contributed by atoms with van der Waals surface area (Å²) in [6.45, 7) is 1.99. The predicted octanol–water partition coefficient (Wildman–Crippen LogP) is 4.70. The van der Waals surface area contributed by atoms with Gasteiger partial charge in [-0.25, -0.2) is 9.36 Å². The van der Waals surface area contributed by atoms with E-state index in [0.29, 0.717) is 26.4 Å². The summed E-state index contributed by atoms with van der Waals surface area (Å²) in [6.07, 6.45) is 3.24. The lowest BCUT2D eigenvalue weighted by atomic mass is 10.2. The topological polar surface area (TPSA) is 93.6 Å². The fourth-order valence-corrected chi connectivity index (χ4v) is 5.25. The van der Waals surface area contributed by atoms with Crippen LogP contribution in [0.25, 0.3) is 37.2 Å². The molecule has 0 atom stereocenters. The Morgan fingerprint density at radius 3 is 2.76 bits per heavy atom. The molecule has 0 aliphatic carbocycles. The van der Waals surface area contributed by atoms with Gasteiger partial charge in [0.1, 0.15) is 4.70 Å². The SMILES string of the molecule is Cc1ccc2cncc(-n3c(=O)c4sc(-c5ccccc5Cl)cc4n(CCC#N)c3=O)c2n1. The summed E-state index contributed by atoms with van der Waals surface area (Å²) in [6, 6.07) is 14.9. The van der Waals surface area contributed by atoms with Gasteiger partial charge in [-0.1, -0.05) is 29.8 Å². The highest BCUT2D eigenvalue weighted by molar-refractivity contribution is 7.22. The molecule has 5 rings (SSSR count). The normalized spacial score (nSPS) is 11.2. The van der Waals surface area contributed by atoms with Crippen molar-refractivity contribution >= 4 is 44.1 Å². The molecular weight excluding hydrogens is 458 g/mol. The number of aromatic nitrogens is 4. The first-order chi connectivity index (χ1) is 16.0. The highest BCUT2D eigenvalue weighted by Gasteiger charge is 2.20. The number of hydrogen-bond donors (Lipinski definition) is 0. The smallest absolute Gasteiger partial charge is 0.291 e. The maximum Gasteiger partial charge on any atom is 0.336 e. The summed E-state index contributed by atoms with van der Waals surface area (Å²) in [4.78, 5) is 36.8. The summed E-state index contributed by atoms with van der Waals surface area (Å²) >= 11 is 7.65. The summed E-state index contributed by atoms with van der Waals surface area (Å²) in [5.74, 6) is 0. The fraction of sp³-hybridized carbons (Fsp3) is 0.125. The Hall–Kier alpha value is -3.80. The van der Waals surface area contributed by atoms with Crippen LogP contribution in [0.2, 0.25) is 5.02 Å². The van der Waals surface area contributed by atoms with Crippen molar-refractivity contribution in [3.63, 3.8) is 0 Å². The van der Waals surface area contributed by atoms with Crippen LogP contribution in [0, 0.1) is 18.3 Å². The van der Waals surface area contributed by atoms with E-state index in [4.69, 9.17) is 16.9 Å². The second kappa shape index (κ2) is 8.28. The van der Waals surface area contributed by atoms with Crippen molar-refractivity contribution in [2.24, 2.45) is 0 Å². The second-order valence-corrected chi connectivity index (χ2v) is 8.93. The Kier molecular flexibility index (Phi) is 5.29. The first-order valence-corrected chi connectivity index (χ1v) is 11.3. The van der Waals surface area contributed by atoms with Crippen LogP contribution < -0.4 is 11.2 Å². The molecule has 9 heteroatoms. The molecule has 0 unspecified atom stereocenters. The van der Waals surface area contributed by atoms with E-state index in [-0.39, 0.29) is 13.0 Å². The van der Waals surface area contributed by atoms with Crippen molar-refractivity contribution in [2.45, 2.75) is 19.9 Å². The third-order valence-electron chi connectivity index (χ3n) is 5.37. The van der Waals surface area contributed by atoms with Crippen LogP contribution in [0.1, 0.15) is 12.1 Å². The third kappa shape index (κ3) is 3.52. The number of pyridine rings is 2. The van der Waals surface area contributed by atoms with Crippen LogP contribution in [0.4, 0.5) is 0 Å². The van der Waals surface area contributed by atoms with Gasteiger partial charge < -0.3 is 0 Å². The lowest BCUT2D eigenvalue weighted by molar-refractivity contribution is 0.663. The van der Waals surface area contributed by atoms with Crippen LogP contribution in [0.3, 0.4) is 0 Å². The number of halogens is 1. The van der Waals surface area contributed by atoms with Crippen LogP contribution in [-0.2, 0) is 6.54 Å². The minimum Gasteiger partial charge on any atom is -0.291 e. The van der Waals surface area contributed by atoms with Crippen LogP contribution in [0.15, 0.2) is 64.4 Å². The maximum absolute atomic E-state index is 13.6. The van der Waals surface area contributed by atoms with E-state index >= 15 is 0 Å². The number of nitrogens with zero attached hydrogens (tertiary/aromatic N) is 5. The van der Waals surface area contributed by atoms with E-state index in [1.807, 2.05) is 37.3 Å². The lowest BCUT2D eigenvalue weighted by Gasteiger charge is -2.12. The van der Waals surface area contributed by atoms with Gasteiger partial charge in [0.2, 0.25) is 0 Å². The minimum absolute atomic E-state index is 0.121. The average Bonchev–Trinajstić information content (AvgIpc) is 3.25. The quantitative estimate of drug-likeness (QED) is 0.377. The Labute approximate surface area is 196 Å². The van der Waals surface area contributed by atoms with Crippen molar-refractivity contribution in [1.82, 2.24) is 19.1 Å². The molecule has 0 radical (unpaired) electrons. The van der Waals surface area contributed by atoms with Crippen molar-refractivity contribution in [2.75, 3.05) is 0 Å². The van der Waals surface area contributed by atoms with Crippen molar-refractivity contribution in [1.29, 1.82) is 5.26 Å². The highest BCUT2D eigenvalue weighted by atomic mass is 35.5. The highest BCUT2D eigenvalue weighted by Crippen LogP contribution is 2.35. The number of aryl methyl sites for hydroxylation is 2. The van der Waals surface area contributed by atoms with E-state index in [2.05, 4.69) is 16.0 Å². The summed E-state index contributed by atoms with van der Waals surface area (Å²) in [5.41, 5.74) is 1.84. The van der Waals surface area contributed by atoms with Gasteiger partial charge in [-0.15, -0.1) is 11.3 Å². The van der Waals surface area contributed by atoms with Gasteiger partial charge in [0, 0.05) is 39.3 Å². The minimum atomic E-state index is -0.538. The van der Waals surface area contributed by atoms with E-state index < -0.39 is 11.2 Å². The zero-order valence-corrected chi connectivity index (χ0v) is 19.0. The molecule has 0 saturated carbocycles. The van der Waals surface area contributed by atoms with E-state index in [1.54, 1.807) is 18.3 Å². The van der Waals surface area contributed by atoms with Crippen molar-refractivity contribution < 1.29 is 0 Å². The van der Waals surface area contributed by atoms with Gasteiger partial charge in [-0.3, -0.25) is 19.3 Å². The van der Waals surface area contributed by atoms with E-state index in [0.717, 1.165) is 26.1 Å². The first kappa shape index (κ1) is 21.1. The van der Waals surface area contributed by atoms with Gasteiger partial charge in [-0.05, 0) is 31.2 Å². The lowest BCUT2D eigenvalue weighted by Crippen LogP contribution is -2.38. The molecule has 5 aromatic rings.